The Labute approximate surface area is 116 Å². The Kier molecular flexibility index (Phi) is 5.08. The summed E-state index contributed by atoms with van der Waals surface area (Å²) < 4.78 is 4.73. The number of nitrogens with one attached hydrogen (secondary N) is 1. The third-order valence-electron chi connectivity index (χ3n) is 4.75. The van der Waals surface area contributed by atoms with Crippen molar-refractivity contribution in [3.05, 3.63) is 0 Å². The van der Waals surface area contributed by atoms with Crippen LogP contribution in [0.25, 0.3) is 0 Å². The van der Waals surface area contributed by atoms with Crippen LogP contribution >= 0.6 is 0 Å². The van der Waals surface area contributed by atoms with Crippen LogP contribution in [-0.4, -0.2) is 43.8 Å². The van der Waals surface area contributed by atoms with Gasteiger partial charge in [-0.15, -0.1) is 0 Å². The van der Waals surface area contributed by atoms with E-state index < -0.39 is 0 Å². The summed E-state index contributed by atoms with van der Waals surface area (Å²) in [5.41, 5.74) is 0. The molecule has 2 fully saturated rings. The molecule has 1 aliphatic heterocycles. The molecule has 0 radical (unpaired) electrons. The van der Waals surface area contributed by atoms with Crippen molar-refractivity contribution in [1.29, 1.82) is 0 Å². The molecule has 1 aliphatic carbocycles. The quantitative estimate of drug-likeness (QED) is 0.851. The summed E-state index contributed by atoms with van der Waals surface area (Å²) in [6, 6.07) is 0.244. The highest BCUT2D eigenvalue weighted by Gasteiger charge is 2.32. The largest absolute Gasteiger partial charge is 0.453 e. The molecule has 2 atom stereocenters. The Bertz CT molecular complexity index is 303. The average molecular weight is 268 g/mol. The number of hydrogen-bond donors (Lipinski definition) is 1. The van der Waals surface area contributed by atoms with E-state index in [4.69, 9.17) is 4.74 Å². The minimum absolute atomic E-state index is 0.244. The third kappa shape index (κ3) is 4.10. The van der Waals surface area contributed by atoms with E-state index in [-0.39, 0.29) is 12.1 Å². The fourth-order valence-corrected chi connectivity index (χ4v) is 3.24. The van der Waals surface area contributed by atoms with E-state index in [0.717, 1.165) is 18.9 Å². The van der Waals surface area contributed by atoms with Crippen LogP contribution in [0.4, 0.5) is 4.79 Å². The summed E-state index contributed by atoms with van der Waals surface area (Å²) in [6.45, 7) is 7.95. The first kappa shape index (κ1) is 14.6. The molecule has 1 N–H and O–H groups in total. The number of amides is 1. The first-order valence-electron chi connectivity index (χ1n) is 7.65. The number of methoxy groups -OCH3 is 1. The Balaban J connectivity index is 1.89. The summed E-state index contributed by atoms with van der Waals surface area (Å²) >= 11 is 0. The van der Waals surface area contributed by atoms with Crippen molar-refractivity contribution in [2.45, 2.75) is 45.6 Å². The maximum absolute atomic E-state index is 11.4. The van der Waals surface area contributed by atoms with E-state index >= 15 is 0 Å². The lowest BCUT2D eigenvalue weighted by molar-refractivity contribution is 0.0814. The van der Waals surface area contributed by atoms with E-state index in [1.807, 2.05) is 0 Å². The molecule has 0 bridgehead atoms. The number of nitrogens with zero attached hydrogens (tertiary/aromatic N) is 1. The number of ether oxygens (including phenoxy) is 1. The van der Waals surface area contributed by atoms with Gasteiger partial charge in [0.05, 0.1) is 7.11 Å². The molecule has 2 unspecified atom stereocenters. The van der Waals surface area contributed by atoms with E-state index in [0.29, 0.717) is 11.8 Å². The fraction of sp³-hybridized carbons (Fsp3) is 0.933. The molecule has 4 heteroatoms. The van der Waals surface area contributed by atoms with Crippen LogP contribution < -0.4 is 5.32 Å². The molecule has 1 amide bonds. The molecule has 0 spiro atoms. The first-order chi connectivity index (χ1) is 9.08. The summed E-state index contributed by atoms with van der Waals surface area (Å²) in [6.07, 6.45) is 4.96. The molecule has 2 aliphatic rings. The number of alkyl carbamates (subject to hydrolysis) is 1. The summed E-state index contributed by atoms with van der Waals surface area (Å²) in [4.78, 5) is 14.0. The SMILES string of the molecule is COC(=O)NC1CC(C(C)C)CN(CC2CCC2)C1. The predicted octanol–water partition coefficient (Wildman–Crippen LogP) is 2.49. The molecule has 0 aromatic carbocycles. The number of carbonyl (C=O) groups is 1. The van der Waals surface area contributed by atoms with Crippen molar-refractivity contribution in [2.24, 2.45) is 17.8 Å². The number of likely N-dealkylation sites (tertiary alicyclic amines) is 1. The van der Waals surface area contributed by atoms with Crippen LogP contribution in [0.3, 0.4) is 0 Å². The highest BCUT2D eigenvalue weighted by molar-refractivity contribution is 5.67. The molecular weight excluding hydrogens is 240 g/mol. The zero-order valence-electron chi connectivity index (χ0n) is 12.5. The zero-order valence-corrected chi connectivity index (χ0v) is 12.5. The molecule has 0 aromatic rings. The van der Waals surface area contributed by atoms with Crippen LogP contribution in [0.1, 0.15) is 39.5 Å². The molecule has 1 saturated carbocycles. The van der Waals surface area contributed by atoms with Crippen LogP contribution in [0.2, 0.25) is 0 Å². The second-order valence-electron chi connectivity index (χ2n) is 6.59. The molecular formula is C15H28N2O2. The van der Waals surface area contributed by atoms with Crippen LogP contribution in [-0.2, 0) is 4.74 Å². The highest BCUT2D eigenvalue weighted by Crippen LogP contribution is 2.30. The number of piperidine rings is 1. The van der Waals surface area contributed by atoms with Gasteiger partial charge in [0.15, 0.2) is 0 Å². The Hall–Kier alpha value is -0.770. The van der Waals surface area contributed by atoms with Crippen molar-refractivity contribution in [2.75, 3.05) is 26.7 Å². The monoisotopic (exact) mass is 268 g/mol. The van der Waals surface area contributed by atoms with Crippen molar-refractivity contribution in [1.82, 2.24) is 10.2 Å². The van der Waals surface area contributed by atoms with Gasteiger partial charge in [-0.05, 0) is 37.0 Å². The van der Waals surface area contributed by atoms with Gasteiger partial charge in [-0.1, -0.05) is 20.3 Å². The molecule has 110 valence electrons. The Morgan fingerprint density at radius 2 is 2.11 bits per heavy atom. The standard InChI is InChI=1S/C15H28N2O2/c1-11(2)13-7-14(16-15(18)19-3)10-17(9-13)8-12-5-4-6-12/h11-14H,4-10H2,1-3H3,(H,16,18). The number of rotatable bonds is 4. The Morgan fingerprint density at radius 3 is 2.63 bits per heavy atom. The Morgan fingerprint density at radius 1 is 1.37 bits per heavy atom. The summed E-state index contributed by atoms with van der Waals surface area (Å²) in [7, 11) is 1.43. The second kappa shape index (κ2) is 6.60. The third-order valence-corrected chi connectivity index (χ3v) is 4.75. The molecule has 4 nitrogen and oxygen atoms in total. The molecule has 19 heavy (non-hydrogen) atoms. The van der Waals surface area contributed by atoms with Crippen molar-refractivity contribution >= 4 is 6.09 Å². The maximum Gasteiger partial charge on any atom is 0.407 e. The van der Waals surface area contributed by atoms with E-state index in [1.54, 1.807) is 0 Å². The minimum Gasteiger partial charge on any atom is -0.453 e. The molecule has 0 aromatic heterocycles. The highest BCUT2D eigenvalue weighted by atomic mass is 16.5. The van der Waals surface area contributed by atoms with E-state index in [1.165, 1.54) is 39.5 Å². The van der Waals surface area contributed by atoms with Crippen LogP contribution in [0.15, 0.2) is 0 Å². The lowest BCUT2D eigenvalue weighted by Crippen LogP contribution is -2.53. The van der Waals surface area contributed by atoms with E-state index in [9.17, 15) is 4.79 Å². The predicted molar refractivity (Wildman–Crippen MR) is 76.1 cm³/mol. The second-order valence-corrected chi connectivity index (χ2v) is 6.59. The van der Waals surface area contributed by atoms with Gasteiger partial charge >= 0.3 is 6.09 Å². The average Bonchev–Trinajstić information content (AvgIpc) is 2.33. The van der Waals surface area contributed by atoms with Gasteiger partial charge in [-0.25, -0.2) is 4.79 Å². The molecule has 2 rings (SSSR count). The van der Waals surface area contributed by atoms with Crippen molar-refractivity contribution < 1.29 is 9.53 Å². The van der Waals surface area contributed by atoms with E-state index in [2.05, 4.69) is 24.1 Å². The first-order valence-corrected chi connectivity index (χ1v) is 7.65. The lowest BCUT2D eigenvalue weighted by Gasteiger charge is -2.42. The van der Waals surface area contributed by atoms with Crippen LogP contribution in [0, 0.1) is 17.8 Å². The van der Waals surface area contributed by atoms with Gasteiger partial charge in [-0.2, -0.15) is 0 Å². The zero-order chi connectivity index (χ0) is 13.8. The smallest absolute Gasteiger partial charge is 0.407 e. The number of carbonyl (C=O) groups excluding carboxylic acids is 1. The molecule has 1 saturated heterocycles. The lowest BCUT2D eigenvalue weighted by atomic mass is 9.82. The van der Waals surface area contributed by atoms with Gasteiger partial charge < -0.3 is 15.0 Å². The number of hydrogen-bond acceptors (Lipinski definition) is 3. The van der Waals surface area contributed by atoms with Gasteiger partial charge in [0.1, 0.15) is 0 Å². The van der Waals surface area contributed by atoms with Gasteiger partial charge in [-0.3, -0.25) is 0 Å². The van der Waals surface area contributed by atoms with Gasteiger partial charge in [0, 0.05) is 25.7 Å². The fourth-order valence-electron chi connectivity index (χ4n) is 3.24. The summed E-state index contributed by atoms with van der Waals surface area (Å²) in [5.74, 6) is 2.24. The molecule has 1 heterocycles. The minimum atomic E-state index is -0.294. The van der Waals surface area contributed by atoms with Crippen molar-refractivity contribution in [3.8, 4) is 0 Å². The van der Waals surface area contributed by atoms with Crippen LogP contribution in [0.5, 0.6) is 0 Å². The van der Waals surface area contributed by atoms with Gasteiger partial charge in [0.25, 0.3) is 0 Å². The van der Waals surface area contributed by atoms with Crippen molar-refractivity contribution in [3.63, 3.8) is 0 Å². The topological polar surface area (TPSA) is 41.6 Å². The summed E-state index contributed by atoms with van der Waals surface area (Å²) in [5, 5.41) is 2.99. The van der Waals surface area contributed by atoms with Gasteiger partial charge in [0.2, 0.25) is 0 Å². The maximum atomic E-state index is 11.4. The normalized spacial score (nSPS) is 29.1.